The minimum Gasteiger partial charge on any atom is -0.383 e. The van der Waals surface area contributed by atoms with E-state index >= 15 is 0 Å². The number of ether oxygens (including phenoxy) is 1. The average Bonchev–Trinajstić information content (AvgIpc) is 3.63. The molecule has 0 saturated carbocycles. The number of likely N-dealkylation sites (tertiary alicyclic amines) is 1. The summed E-state index contributed by atoms with van der Waals surface area (Å²) in [5, 5.41) is 11.4. The lowest BCUT2D eigenvalue weighted by Gasteiger charge is -2.15. The van der Waals surface area contributed by atoms with Crippen molar-refractivity contribution in [3.05, 3.63) is 77.6 Å². The van der Waals surface area contributed by atoms with Crippen molar-refractivity contribution in [2.45, 2.75) is 12.3 Å². The molecule has 200 valence electrons. The molecule has 38 heavy (non-hydrogen) atoms. The number of halogens is 2. The number of aromatic nitrogens is 5. The Kier molecular flexibility index (Phi) is 9.06. The number of urea groups is 1. The monoisotopic (exact) mass is 540 g/mol. The molecule has 0 spiro atoms. The standard InChI is InChI=1S/C14H13ClN6O.C12H17FN2O/c1-20-8-9(7-17-20)12-11(15)13(18-14(16)22)21(19-12)10-5-3-2-4-6-10;1-16-5-4-15-3-2-10(9-15)11-6-12(13)8-14-7-11/h2-8H,1H3,(H3,16,18,22);6-8,10H,2-5,9H2,1H3. The van der Waals surface area contributed by atoms with Crippen LogP contribution >= 0.6 is 11.6 Å². The smallest absolute Gasteiger partial charge is 0.317 e. The van der Waals surface area contributed by atoms with Crippen LogP contribution in [0.3, 0.4) is 0 Å². The SMILES string of the molecule is COCCN1CCC(c2cncc(F)c2)C1.Cn1cc(-c2nn(-c3ccccc3)c(NC(N)=O)c2Cl)cn1. The van der Waals surface area contributed by atoms with E-state index in [-0.39, 0.29) is 5.82 Å². The molecule has 12 heteroatoms. The van der Waals surface area contributed by atoms with E-state index in [9.17, 15) is 9.18 Å². The second kappa shape index (κ2) is 12.6. The quantitative estimate of drug-likeness (QED) is 0.365. The van der Waals surface area contributed by atoms with Gasteiger partial charge in [0.1, 0.15) is 16.5 Å². The number of carbonyl (C=O) groups excluding carboxylic acids is 1. The van der Waals surface area contributed by atoms with Gasteiger partial charge < -0.3 is 15.4 Å². The molecule has 1 saturated heterocycles. The van der Waals surface area contributed by atoms with Crippen LogP contribution in [0.15, 0.2) is 61.2 Å². The van der Waals surface area contributed by atoms with Crippen molar-refractivity contribution in [1.82, 2.24) is 29.4 Å². The molecule has 5 rings (SSSR count). The van der Waals surface area contributed by atoms with Gasteiger partial charge in [-0.1, -0.05) is 29.8 Å². The molecule has 1 aliphatic rings. The fourth-order valence-corrected chi connectivity index (χ4v) is 4.56. The Balaban J connectivity index is 0.000000186. The van der Waals surface area contributed by atoms with E-state index in [1.165, 1.54) is 10.9 Å². The summed E-state index contributed by atoms with van der Waals surface area (Å²) in [5.74, 6) is 0.493. The number of aryl methyl sites for hydroxylation is 1. The van der Waals surface area contributed by atoms with Gasteiger partial charge >= 0.3 is 6.03 Å². The molecular formula is C26H30ClFN8O2. The van der Waals surface area contributed by atoms with E-state index in [4.69, 9.17) is 22.1 Å². The third kappa shape index (κ3) is 6.74. The molecule has 3 N–H and O–H groups in total. The number of primary amides is 1. The summed E-state index contributed by atoms with van der Waals surface area (Å²) in [6, 6.07) is 10.2. The average molecular weight is 541 g/mol. The third-order valence-electron chi connectivity index (χ3n) is 6.13. The Bertz CT molecular complexity index is 1360. The van der Waals surface area contributed by atoms with E-state index in [1.54, 1.807) is 43.5 Å². The fraction of sp³-hybridized carbons (Fsp3) is 0.308. The number of nitrogens with one attached hydrogen (secondary N) is 1. The molecule has 1 unspecified atom stereocenters. The van der Waals surface area contributed by atoms with E-state index in [1.807, 2.05) is 30.3 Å². The highest BCUT2D eigenvalue weighted by molar-refractivity contribution is 6.36. The first-order valence-electron chi connectivity index (χ1n) is 12.1. The van der Waals surface area contributed by atoms with Crippen LogP contribution in [0.25, 0.3) is 16.9 Å². The summed E-state index contributed by atoms with van der Waals surface area (Å²) in [5.41, 5.74) is 8.25. The largest absolute Gasteiger partial charge is 0.383 e. The Morgan fingerprint density at radius 2 is 2.05 bits per heavy atom. The highest BCUT2D eigenvalue weighted by Crippen LogP contribution is 2.35. The van der Waals surface area contributed by atoms with Crippen LogP contribution in [0.5, 0.6) is 0 Å². The molecule has 1 fully saturated rings. The van der Waals surface area contributed by atoms with E-state index < -0.39 is 6.03 Å². The molecule has 1 atom stereocenters. The predicted octanol–water partition coefficient (Wildman–Crippen LogP) is 4.07. The first-order valence-corrected chi connectivity index (χ1v) is 12.4. The van der Waals surface area contributed by atoms with Crippen LogP contribution in [-0.2, 0) is 11.8 Å². The van der Waals surface area contributed by atoms with E-state index in [0.717, 1.165) is 49.5 Å². The number of nitrogens with two attached hydrogens (primary N) is 1. The van der Waals surface area contributed by atoms with Gasteiger partial charge in [0.25, 0.3) is 0 Å². The van der Waals surface area contributed by atoms with Gasteiger partial charge in [0.05, 0.1) is 24.7 Å². The van der Waals surface area contributed by atoms with Gasteiger partial charge in [0.2, 0.25) is 0 Å². The molecule has 4 heterocycles. The minimum atomic E-state index is -0.711. The van der Waals surface area contributed by atoms with Crippen molar-refractivity contribution in [1.29, 1.82) is 0 Å². The number of anilines is 1. The van der Waals surface area contributed by atoms with Crippen molar-refractivity contribution in [3.63, 3.8) is 0 Å². The zero-order valence-corrected chi connectivity index (χ0v) is 22.0. The van der Waals surface area contributed by atoms with Gasteiger partial charge in [0.15, 0.2) is 5.82 Å². The number of hydrogen-bond donors (Lipinski definition) is 2. The topological polar surface area (TPSA) is 116 Å². The number of pyridine rings is 1. The molecule has 2 amide bonds. The van der Waals surface area contributed by atoms with Crippen molar-refractivity contribution in [2.75, 3.05) is 38.7 Å². The fourth-order valence-electron chi connectivity index (χ4n) is 4.29. The first kappa shape index (κ1) is 27.2. The third-order valence-corrected chi connectivity index (χ3v) is 6.49. The highest BCUT2D eigenvalue weighted by Gasteiger charge is 2.24. The summed E-state index contributed by atoms with van der Waals surface area (Å²) in [7, 11) is 3.51. The molecule has 1 aromatic carbocycles. The van der Waals surface area contributed by atoms with Crippen molar-refractivity contribution < 1.29 is 13.9 Å². The van der Waals surface area contributed by atoms with Crippen LogP contribution in [-0.4, -0.2) is 68.8 Å². The van der Waals surface area contributed by atoms with Gasteiger partial charge in [-0.3, -0.25) is 15.0 Å². The first-order chi connectivity index (χ1) is 18.4. The molecule has 10 nitrogen and oxygen atoms in total. The van der Waals surface area contributed by atoms with E-state index in [0.29, 0.717) is 22.5 Å². The van der Waals surface area contributed by atoms with Crippen molar-refractivity contribution >= 4 is 23.4 Å². The van der Waals surface area contributed by atoms with Gasteiger partial charge in [-0.05, 0) is 42.6 Å². The maximum Gasteiger partial charge on any atom is 0.317 e. The predicted molar refractivity (Wildman–Crippen MR) is 144 cm³/mol. The summed E-state index contributed by atoms with van der Waals surface area (Å²) in [6.45, 7) is 3.75. The summed E-state index contributed by atoms with van der Waals surface area (Å²) in [4.78, 5) is 17.5. The summed E-state index contributed by atoms with van der Waals surface area (Å²) < 4.78 is 21.3. The summed E-state index contributed by atoms with van der Waals surface area (Å²) >= 11 is 6.38. The molecule has 0 radical (unpaired) electrons. The maximum absolute atomic E-state index is 13.0. The Labute approximate surface area is 225 Å². The zero-order valence-electron chi connectivity index (χ0n) is 21.2. The Morgan fingerprint density at radius 3 is 2.71 bits per heavy atom. The maximum atomic E-state index is 13.0. The number of amides is 2. The van der Waals surface area contributed by atoms with Gasteiger partial charge in [-0.25, -0.2) is 13.9 Å². The lowest BCUT2D eigenvalue weighted by Crippen LogP contribution is -2.24. The molecule has 3 aromatic heterocycles. The number of carbonyl (C=O) groups is 1. The number of methoxy groups -OCH3 is 1. The number of hydrogen-bond acceptors (Lipinski definition) is 6. The lowest BCUT2D eigenvalue weighted by atomic mass is 10.0. The summed E-state index contributed by atoms with van der Waals surface area (Å²) in [6.07, 6.45) is 7.54. The second-order valence-electron chi connectivity index (χ2n) is 8.87. The van der Waals surface area contributed by atoms with E-state index in [2.05, 4.69) is 25.4 Å². The molecular weight excluding hydrogens is 511 g/mol. The Morgan fingerprint density at radius 1 is 1.26 bits per heavy atom. The van der Waals surface area contributed by atoms with Gasteiger partial charge in [-0.15, -0.1) is 0 Å². The molecule has 0 bridgehead atoms. The van der Waals surface area contributed by atoms with Crippen LogP contribution in [0.4, 0.5) is 15.0 Å². The van der Waals surface area contributed by atoms with Crippen molar-refractivity contribution in [2.24, 2.45) is 12.8 Å². The normalized spacial score (nSPS) is 15.2. The van der Waals surface area contributed by atoms with Crippen LogP contribution < -0.4 is 11.1 Å². The van der Waals surface area contributed by atoms with Crippen LogP contribution in [0, 0.1) is 5.82 Å². The molecule has 1 aliphatic heterocycles. The Hall–Kier alpha value is -3.80. The highest BCUT2D eigenvalue weighted by atomic mass is 35.5. The lowest BCUT2D eigenvalue weighted by molar-refractivity contribution is 0.160. The van der Waals surface area contributed by atoms with Crippen LogP contribution in [0.1, 0.15) is 17.9 Å². The number of para-hydroxylation sites is 1. The van der Waals surface area contributed by atoms with Crippen LogP contribution in [0.2, 0.25) is 5.02 Å². The van der Waals surface area contributed by atoms with Gasteiger partial charge in [0, 0.05) is 45.2 Å². The number of benzene rings is 1. The molecule has 4 aromatic rings. The van der Waals surface area contributed by atoms with Crippen molar-refractivity contribution in [3.8, 4) is 16.9 Å². The zero-order chi connectivity index (χ0) is 27.1. The molecule has 0 aliphatic carbocycles. The number of rotatable bonds is 7. The van der Waals surface area contributed by atoms with Gasteiger partial charge in [-0.2, -0.15) is 10.2 Å². The second-order valence-corrected chi connectivity index (χ2v) is 9.24. The minimum absolute atomic E-state index is 0.243. The number of nitrogens with zero attached hydrogens (tertiary/aromatic N) is 6.